The van der Waals surface area contributed by atoms with Crippen molar-refractivity contribution in [2.45, 2.75) is 18.2 Å². The zero-order valence-corrected chi connectivity index (χ0v) is 17.5. The molecule has 0 radical (unpaired) electrons. The minimum absolute atomic E-state index is 0.182. The first-order chi connectivity index (χ1) is 13.0. The Morgan fingerprint density at radius 1 is 1.30 bits per heavy atom. The lowest BCUT2D eigenvalue weighted by molar-refractivity contribution is -0.120. The first kappa shape index (κ1) is 21.4. The van der Waals surface area contributed by atoms with Gasteiger partial charge in [0.25, 0.3) is 0 Å². The molecule has 0 fully saturated rings. The maximum absolute atomic E-state index is 12.2. The van der Waals surface area contributed by atoms with Gasteiger partial charge in [0.15, 0.2) is 11.5 Å². The maximum atomic E-state index is 12.2. The molecule has 144 valence electrons. The predicted octanol–water partition coefficient (Wildman–Crippen LogP) is 4.82. The van der Waals surface area contributed by atoms with Crippen LogP contribution in [-0.4, -0.2) is 32.1 Å². The number of ether oxygens (including phenoxy) is 2. The van der Waals surface area contributed by atoms with Crippen molar-refractivity contribution in [3.8, 4) is 11.5 Å². The number of nitrogens with zero attached hydrogens (tertiary/aromatic N) is 1. The maximum Gasteiger partial charge on any atom is 0.244 e. The molecule has 0 saturated heterocycles. The Balaban J connectivity index is 2.06. The Kier molecular flexibility index (Phi) is 8.28. The van der Waals surface area contributed by atoms with Crippen LogP contribution in [0.15, 0.2) is 40.3 Å². The molecule has 1 amide bonds. The molecular formula is C19H20Cl2N2O3S. The van der Waals surface area contributed by atoms with Gasteiger partial charge in [-0.15, -0.1) is 11.8 Å². The number of carbonyl (C=O) groups is 1. The molecule has 0 spiro atoms. The molecule has 0 aliphatic rings. The van der Waals surface area contributed by atoms with Gasteiger partial charge in [-0.2, -0.15) is 5.10 Å². The molecule has 2 aromatic carbocycles. The second-order valence-corrected chi connectivity index (χ2v) is 7.08. The van der Waals surface area contributed by atoms with Gasteiger partial charge in [0.2, 0.25) is 5.91 Å². The van der Waals surface area contributed by atoms with E-state index in [9.17, 15) is 4.79 Å². The highest BCUT2D eigenvalue weighted by Crippen LogP contribution is 2.36. The molecule has 0 aliphatic carbocycles. The average molecular weight is 427 g/mol. The van der Waals surface area contributed by atoms with Crippen LogP contribution in [0.5, 0.6) is 11.5 Å². The fraction of sp³-hybridized carbons (Fsp3) is 0.263. The molecule has 5 nitrogen and oxygen atoms in total. The van der Waals surface area contributed by atoms with E-state index in [1.807, 2.05) is 19.2 Å². The first-order valence-electron chi connectivity index (χ1n) is 8.13. The topological polar surface area (TPSA) is 59.9 Å². The molecule has 27 heavy (non-hydrogen) atoms. The molecule has 0 heterocycles. The van der Waals surface area contributed by atoms with E-state index >= 15 is 0 Å². The van der Waals surface area contributed by atoms with Crippen molar-refractivity contribution in [2.24, 2.45) is 5.10 Å². The standard InChI is InChI=1S/C19H20Cl2N2O3S/c1-4-26-19-15(21)7-12(8-16(19)25-2)11-22-23-18(24)10-13-9-14(20)5-6-17(13)27-3/h5-9,11H,4,10H2,1-3H3,(H,23,24)/b22-11-. The zero-order valence-electron chi connectivity index (χ0n) is 15.2. The Morgan fingerprint density at radius 3 is 2.74 bits per heavy atom. The van der Waals surface area contributed by atoms with E-state index in [2.05, 4.69) is 10.5 Å². The summed E-state index contributed by atoms with van der Waals surface area (Å²) in [6.45, 7) is 2.34. The smallest absolute Gasteiger partial charge is 0.244 e. The number of hydrogen-bond acceptors (Lipinski definition) is 5. The Hall–Kier alpha value is -1.89. The SMILES string of the molecule is CCOc1c(Cl)cc(/C=N\NC(=O)Cc2cc(Cl)ccc2SC)cc1OC. The molecule has 2 rings (SSSR count). The van der Waals surface area contributed by atoms with Gasteiger partial charge in [-0.1, -0.05) is 23.2 Å². The van der Waals surface area contributed by atoms with Crippen LogP contribution in [0.4, 0.5) is 0 Å². The quantitative estimate of drug-likeness (QED) is 0.373. The number of hydrogen-bond donors (Lipinski definition) is 1. The van der Waals surface area contributed by atoms with Gasteiger partial charge in [-0.3, -0.25) is 4.79 Å². The van der Waals surface area contributed by atoms with E-state index in [1.54, 1.807) is 36.0 Å². The summed E-state index contributed by atoms with van der Waals surface area (Å²) in [6.07, 6.45) is 3.63. The van der Waals surface area contributed by atoms with Crippen LogP contribution in [0.2, 0.25) is 10.0 Å². The molecule has 0 aromatic heterocycles. The van der Waals surface area contributed by atoms with Crippen LogP contribution in [0.1, 0.15) is 18.1 Å². The number of rotatable bonds is 8. The van der Waals surface area contributed by atoms with Crippen molar-refractivity contribution >= 4 is 47.1 Å². The van der Waals surface area contributed by atoms with E-state index in [0.717, 1.165) is 10.5 Å². The van der Waals surface area contributed by atoms with Gasteiger partial charge in [0.1, 0.15) is 0 Å². The average Bonchev–Trinajstić information content (AvgIpc) is 2.64. The predicted molar refractivity (Wildman–Crippen MR) is 112 cm³/mol. The summed E-state index contributed by atoms with van der Waals surface area (Å²) in [4.78, 5) is 13.2. The monoisotopic (exact) mass is 426 g/mol. The lowest BCUT2D eigenvalue weighted by Crippen LogP contribution is -2.20. The second kappa shape index (κ2) is 10.4. The lowest BCUT2D eigenvalue weighted by atomic mass is 10.1. The van der Waals surface area contributed by atoms with Crippen LogP contribution in [0, 0.1) is 0 Å². The number of thioether (sulfide) groups is 1. The molecule has 0 aliphatic heterocycles. The molecule has 1 N–H and O–H groups in total. The summed E-state index contributed by atoms with van der Waals surface area (Å²) in [5.74, 6) is 0.738. The molecule has 0 saturated carbocycles. The van der Waals surface area contributed by atoms with Crippen LogP contribution in [0.3, 0.4) is 0 Å². The number of halogens is 2. The van der Waals surface area contributed by atoms with E-state index in [0.29, 0.717) is 33.7 Å². The fourth-order valence-corrected chi connectivity index (χ4v) is 3.44. The Bertz CT molecular complexity index is 844. The number of carbonyl (C=O) groups excluding carboxylic acids is 1. The highest BCUT2D eigenvalue weighted by Gasteiger charge is 2.11. The molecule has 0 unspecified atom stereocenters. The summed E-state index contributed by atoms with van der Waals surface area (Å²) in [5, 5.41) is 4.99. The van der Waals surface area contributed by atoms with Crippen molar-refractivity contribution in [1.29, 1.82) is 0 Å². The van der Waals surface area contributed by atoms with E-state index < -0.39 is 0 Å². The third-order valence-corrected chi connectivity index (χ3v) is 4.89. The van der Waals surface area contributed by atoms with Crippen molar-refractivity contribution in [1.82, 2.24) is 5.43 Å². The van der Waals surface area contributed by atoms with Gasteiger partial charge >= 0.3 is 0 Å². The summed E-state index contributed by atoms with van der Waals surface area (Å²) < 4.78 is 10.8. The Labute approximate surface area is 173 Å². The first-order valence-corrected chi connectivity index (χ1v) is 10.1. The van der Waals surface area contributed by atoms with Crippen LogP contribution >= 0.6 is 35.0 Å². The number of methoxy groups -OCH3 is 1. The second-order valence-electron chi connectivity index (χ2n) is 5.39. The van der Waals surface area contributed by atoms with E-state index in [4.69, 9.17) is 32.7 Å². The summed E-state index contributed by atoms with van der Waals surface area (Å²) in [5.41, 5.74) is 4.04. The minimum Gasteiger partial charge on any atom is -0.493 e. The lowest BCUT2D eigenvalue weighted by Gasteiger charge is -2.11. The van der Waals surface area contributed by atoms with Crippen molar-refractivity contribution in [3.63, 3.8) is 0 Å². The molecule has 0 atom stereocenters. The van der Waals surface area contributed by atoms with Gasteiger partial charge < -0.3 is 9.47 Å². The number of nitrogens with one attached hydrogen (secondary N) is 1. The van der Waals surface area contributed by atoms with Crippen molar-refractivity contribution in [3.05, 3.63) is 51.5 Å². The molecule has 0 bridgehead atoms. The Morgan fingerprint density at radius 2 is 2.07 bits per heavy atom. The van der Waals surface area contributed by atoms with Crippen LogP contribution in [-0.2, 0) is 11.2 Å². The molecule has 2 aromatic rings. The number of hydrazone groups is 1. The van der Waals surface area contributed by atoms with Gasteiger partial charge in [0, 0.05) is 9.92 Å². The van der Waals surface area contributed by atoms with Crippen LogP contribution < -0.4 is 14.9 Å². The molecule has 8 heteroatoms. The highest BCUT2D eigenvalue weighted by atomic mass is 35.5. The fourth-order valence-electron chi connectivity index (χ4n) is 2.38. The molecular weight excluding hydrogens is 407 g/mol. The third kappa shape index (κ3) is 6.06. The van der Waals surface area contributed by atoms with Gasteiger partial charge in [-0.25, -0.2) is 5.43 Å². The summed E-state index contributed by atoms with van der Waals surface area (Å²) in [6, 6.07) is 8.90. The minimum atomic E-state index is -0.243. The number of amides is 1. The van der Waals surface area contributed by atoms with E-state index in [-0.39, 0.29) is 12.3 Å². The number of benzene rings is 2. The highest BCUT2D eigenvalue weighted by molar-refractivity contribution is 7.98. The van der Waals surface area contributed by atoms with Gasteiger partial charge in [-0.05, 0) is 54.6 Å². The summed E-state index contributed by atoms with van der Waals surface area (Å²) in [7, 11) is 1.53. The zero-order chi connectivity index (χ0) is 19.8. The summed E-state index contributed by atoms with van der Waals surface area (Å²) >= 11 is 13.8. The largest absolute Gasteiger partial charge is 0.493 e. The third-order valence-electron chi connectivity index (χ3n) is 3.54. The van der Waals surface area contributed by atoms with Crippen molar-refractivity contribution in [2.75, 3.05) is 20.0 Å². The van der Waals surface area contributed by atoms with Crippen molar-refractivity contribution < 1.29 is 14.3 Å². The van der Waals surface area contributed by atoms with E-state index in [1.165, 1.54) is 13.3 Å². The van der Waals surface area contributed by atoms with Crippen LogP contribution in [0.25, 0.3) is 0 Å². The van der Waals surface area contributed by atoms with Gasteiger partial charge in [0.05, 0.1) is 31.4 Å². The normalized spacial score (nSPS) is 10.9.